The molecule has 1 aromatic heterocycles. The fraction of sp³-hybridized carbons (Fsp3) is 0.214. The van der Waals surface area contributed by atoms with Gasteiger partial charge in [-0.1, -0.05) is 6.07 Å². The van der Waals surface area contributed by atoms with E-state index in [-0.39, 0.29) is 11.9 Å². The van der Waals surface area contributed by atoms with Crippen molar-refractivity contribution in [3.63, 3.8) is 0 Å². The Balaban J connectivity index is 2.59. The lowest BCUT2D eigenvalue weighted by molar-refractivity contribution is 0.601. The van der Waals surface area contributed by atoms with Gasteiger partial charge in [0.25, 0.3) is 0 Å². The number of hydrogen-bond donors (Lipinski definition) is 3. The summed E-state index contributed by atoms with van der Waals surface area (Å²) < 4.78 is 13.4. The Hall–Kier alpha value is -1.98. The predicted octanol–water partition coefficient (Wildman–Crippen LogP) is 1.97. The highest BCUT2D eigenvalue weighted by atomic mass is 19.1. The minimum Gasteiger partial charge on any atom is -0.383 e. The van der Waals surface area contributed by atoms with Crippen molar-refractivity contribution in [3.8, 4) is 0 Å². The Kier molecular flexibility index (Phi) is 3.78. The van der Waals surface area contributed by atoms with Gasteiger partial charge >= 0.3 is 0 Å². The van der Waals surface area contributed by atoms with Crippen LogP contribution in [0, 0.1) is 19.7 Å². The molecular weight excluding hydrogens is 243 g/mol. The van der Waals surface area contributed by atoms with Crippen molar-refractivity contribution in [1.29, 1.82) is 0 Å². The molecule has 0 fully saturated rings. The van der Waals surface area contributed by atoms with E-state index < -0.39 is 0 Å². The third kappa shape index (κ3) is 2.57. The number of nitrogens with zero attached hydrogens (tertiary/aromatic N) is 1. The number of halogens is 1. The van der Waals surface area contributed by atoms with Crippen molar-refractivity contribution in [3.05, 3.63) is 58.5 Å². The average molecular weight is 260 g/mol. The third-order valence-corrected chi connectivity index (χ3v) is 3.25. The lowest BCUT2D eigenvalue weighted by atomic mass is 9.93. The fourth-order valence-corrected chi connectivity index (χ4v) is 2.22. The minimum absolute atomic E-state index is 0.305. The van der Waals surface area contributed by atoms with Crippen LogP contribution in [0.3, 0.4) is 0 Å². The molecule has 1 atom stereocenters. The Morgan fingerprint density at radius 2 is 1.95 bits per heavy atom. The van der Waals surface area contributed by atoms with Crippen LogP contribution in [0.25, 0.3) is 0 Å². The van der Waals surface area contributed by atoms with E-state index in [1.165, 1.54) is 12.1 Å². The van der Waals surface area contributed by atoms with Crippen LogP contribution >= 0.6 is 0 Å². The highest BCUT2D eigenvalue weighted by molar-refractivity contribution is 5.51. The monoisotopic (exact) mass is 260 g/mol. The van der Waals surface area contributed by atoms with Crippen molar-refractivity contribution in [2.75, 3.05) is 5.73 Å². The zero-order valence-electron chi connectivity index (χ0n) is 10.9. The topological polar surface area (TPSA) is 77.0 Å². The summed E-state index contributed by atoms with van der Waals surface area (Å²) in [5.74, 6) is 5.73. The van der Waals surface area contributed by atoms with Crippen molar-refractivity contribution in [2.24, 2.45) is 5.84 Å². The van der Waals surface area contributed by atoms with E-state index in [1.54, 1.807) is 12.3 Å². The molecule has 4 nitrogen and oxygen atoms in total. The number of rotatable bonds is 3. The molecule has 5 N–H and O–H groups in total. The second-order valence-electron chi connectivity index (χ2n) is 4.53. The molecule has 0 amide bonds. The molecule has 1 aromatic carbocycles. The van der Waals surface area contributed by atoms with Gasteiger partial charge in [-0.15, -0.1) is 0 Å². The van der Waals surface area contributed by atoms with Crippen molar-refractivity contribution in [1.82, 2.24) is 10.4 Å². The maximum atomic E-state index is 13.4. The first-order chi connectivity index (χ1) is 9.04. The summed E-state index contributed by atoms with van der Waals surface area (Å²) in [5, 5.41) is 0. The first-order valence-electron chi connectivity index (χ1n) is 5.97. The van der Waals surface area contributed by atoms with Crippen LogP contribution in [0.5, 0.6) is 0 Å². The lowest BCUT2D eigenvalue weighted by Crippen LogP contribution is -2.31. The highest BCUT2D eigenvalue weighted by Gasteiger charge is 2.20. The van der Waals surface area contributed by atoms with Gasteiger partial charge < -0.3 is 5.73 Å². The van der Waals surface area contributed by atoms with E-state index in [0.717, 1.165) is 22.3 Å². The van der Waals surface area contributed by atoms with Gasteiger partial charge in [-0.25, -0.2) is 14.8 Å². The Morgan fingerprint density at radius 3 is 2.58 bits per heavy atom. The second-order valence-corrected chi connectivity index (χ2v) is 4.53. The van der Waals surface area contributed by atoms with Gasteiger partial charge in [0.1, 0.15) is 11.6 Å². The third-order valence-electron chi connectivity index (χ3n) is 3.25. The summed E-state index contributed by atoms with van der Waals surface area (Å²) in [7, 11) is 0. The normalized spacial score (nSPS) is 12.4. The van der Waals surface area contributed by atoms with E-state index >= 15 is 0 Å². The van der Waals surface area contributed by atoms with Crippen LogP contribution in [0.4, 0.5) is 10.2 Å². The number of nitrogens with one attached hydrogen (secondary N) is 1. The van der Waals surface area contributed by atoms with Gasteiger partial charge in [0.05, 0.1) is 6.04 Å². The number of pyridine rings is 1. The summed E-state index contributed by atoms with van der Waals surface area (Å²) in [6.07, 6.45) is 1.64. The lowest BCUT2D eigenvalue weighted by Gasteiger charge is -2.22. The molecule has 100 valence electrons. The van der Waals surface area contributed by atoms with Gasteiger partial charge in [-0.3, -0.25) is 5.84 Å². The smallest absolute Gasteiger partial charge is 0.128 e. The number of aryl methyl sites for hydroxylation is 2. The molecule has 5 heteroatoms. The van der Waals surface area contributed by atoms with Crippen molar-refractivity contribution in [2.45, 2.75) is 19.9 Å². The SMILES string of the molecule is Cc1ccc(F)cc1C(NN)c1c(C)ccnc1N. The molecule has 0 saturated carbocycles. The quantitative estimate of drug-likeness (QED) is 0.582. The number of aromatic nitrogens is 1. The molecule has 1 heterocycles. The Bertz CT molecular complexity index is 578. The first-order valence-corrected chi connectivity index (χ1v) is 5.97. The van der Waals surface area contributed by atoms with Crippen LogP contribution in [0.15, 0.2) is 30.5 Å². The molecule has 2 aromatic rings. The largest absolute Gasteiger partial charge is 0.383 e. The Morgan fingerprint density at radius 1 is 1.21 bits per heavy atom. The highest BCUT2D eigenvalue weighted by Crippen LogP contribution is 2.30. The maximum absolute atomic E-state index is 13.4. The van der Waals surface area contributed by atoms with Gasteiger partial charge in [-0.2, -0.15) is 0 Å². The molecule has 0 radical (unpaired) electrons. The fourth-order valence-electron chi connectivity index (χ4n) is 2.22. The predicted molar refractivity (Wildman–Crippen MR) is 73.7 cm³/mol. The molecular formula is C14H17FN4. The van der Waals surface area contributed by atoms with Crippen LogP contribution in [-0.2, 0) is 0 Å². The van der Waals surface area contributed by atoms with Gasteiger partial charge in [0.2, 0.25) is 0 Å². The van der Waals surface area contributed by atoms with Gasteiger partial charge in [0.15, 0.2) is 0 Å². The van der Waals surface area contributed by atoms with Gasteiger partial charge in [-0.05, 0) is 48.7 Å². The number of nitrogens with two attached hydrogens (primary N) is 2. The van der Waals surface area contributed by atoms with Crippen LogP contribution in [-0.4, -0.2) is 4.98 Å². The molecule has 19 heavy (non-hydrogen) atoms. The molecule has 1 unspecified atom stereocenters. The maximum Gasteiger partial charge on any atom is 0.128 e. The zero-order chi connectivity index (χ0) is 14.0. The first kappa shape index (κ1) is 13.5. The van der Waals surface area contributed by atoms with Crippen LogP contribution in [0.2, 0.25) is 0 Å². The summed E-state index contributed by atoms with van der Waals surface area (Å²) in [5.41, 5.74) is 12.0. The molecule has 0 saturated heterocycles. The van der Waals surface area contributed by atoms with E-state index in [0.29, 0.717) is 5.82 Å². The number of nitrogen functional groups attached to an aromatic ring is 1. The Labute approximate surface area is 111 Å². The summed E-state index contributed by atoms with van der Waals surface area (Å²) >= 11 is 0. The standard InChI is InChI=1S/C14H17FN4/c1-8-3-4-10(15)7-11(8)13(19-17)12-9(2)5-6-18-14(12)16/h3-7,13,19H,17H2,1-2H3,(H2,16,18). The van der Waals surface area contributed by atoms with Crippen molar-refractivity contribution >= 4 is 5.82 Å². The summed E-state index contributed by atoms with van der Waals surface area (Å²) in [6, 6.07) is 6.07. The van der Waals surface area contributed by atoms with Crippen LogP contribution in [0.1, 0.15) is 28.3 Å². The van der Waals surface area contributed by atoms with Gasteiger partial charge in [0, 0.05) is 11.8 Å². The molecule has 2 rings (SSSR count). The zero-order valence-corrected chi connectivity index (χ0v) is 10.9. The minimum atomic E-state index is -0.385. The molecule has 0 aliphatic heterocycles. The average Bonchev–Trinajstić information content (AvgIpc) is 2.37. The number of hydrazine groups is 1. The number of anilines is 1. The van der Waals surface area contributed by atoms with E-state index in [9.17, 15) is 4.39 Å². The second kappa shape index (κ2) is 5.34. The molecule has 0 aliphatic rings. The summed E-state index contributed by atoms with van der Waals surface area (Å²) in [6.45, 7) is 3.83. The molecule has 0 spiro atoms. The van der Waals surface area contributed by atoms with E-state index in [4.69, 9.17) is 11.6 Å². The number of benzene rings is 1. The van der Waals surface area contributed by atoms with Crippen molar-refractivity contribution < 1.29 is 4.39 Å². The molecule has 0 aliphatic carbocycles. The van der Waals surface area contributed by atoms with Crippen LogP contribution < -0.4 is 17.0 Å². The molecule has 0 bridgehead atoms. The van der Waals surface area contributed by atoms with E-state index in [2.05, 4.69) is 10.4 Å². The number of hydrogen-bond acceptors (Lipinski definition) is 4. The van der Waals surface area contributed by atoms with E-state index in [1.807, 2.05) is 19.9 Å². The summed E-state index contributed by atoms with van der Waals surface area (Å²) in [4.78, 5) is 4.07.